The molecule has 4 fully saturated rings. The summed E-state index contributed by atoms with van der Waals surface area (Å²) in [6.45, 7) is 11.1. The second-order valence-electron chi connectivity index (χ2n) is 12.1. The van der Waals surface area contributed by atoms with Gasteiger partial charge in [-0.05, 0) is 92.1 Å². The van der Waals surface area contributed by atoms with Gasteiger partial charge < -0.3 is 20.1 Å². The lowest BCUT2D eigenvalue weighted by molar-refractivity contribution is -0.153. The molecule has 0 amide bonds. The van der Waals surface area contributed by atoms with Gasteiger partial charge in [-0.25, -0.2) is 0 Å². The Labute approximate surface area is 217 Å². The summed E-state index contributed by atoms with van der Waals surface area (Å²) in [6.07, 6.45) is 15.3. The highest BCUT2D eigenvalue weighted by molar-refractivity contribution is 5.81. The molecule has 200 valence electrons. The van der Waals surface area contributed by atoms with Crippen LogP contribution in [0.4, 0.5) is 0 Å². The van der Waals surface area contributed by atoms with Crippen molar-refractivity contribution in [3.8, 4) is 0 Å². The van der Waals surface area contributed by atoms with Gasteiger partial charge in [-0.15, -0.1) is 0 Å². The maximum Gasteiger partial charge on any atom is 0.315 e. The van der Waals surface area contributed by atoms with Crippen molar-refractivity contribution in [1.29, 1.82) is 0 Å². The van der Waals surface area contributed by atoms with Crippen LogP contribution in [0.3, 0.4) is 0 Å². The Bertz CT molecular complexity index is 925. The molecular weight excluding hydrogens is 452 g/mol. The third-order valence-electron chi connectivity index (χ3n) is 9.73. The second kappa shape index (κ2) is 11.0. The summed E-state index contributed by atoms with van der Waals surface area (Å²) >= 11 is 0. The van der Waals surface area contributed by atoms with Gasteiger partial charge in [-0.3, -0.25) is 4.79 Å². The van der Waals surface area contributed by atoms with Gasteiger partial charge in [0.05, 0.1) is 30.3 Å². The molecule has 0 aromatic rings. The monoisotopic (exact) mass is 498 g/mol. The van der Waals surface area contributed by atoms with Crippen molar-refractivity contribution in [3.63, 3.8) is 0 Å². The Kier molecular flexibility index (Phi) is 8.33. The van der Waals surface area contributed by atoms with Crippen molar-refractivity contribution in [3.05, 3.63) is 47.6 Å². The van der Waals surface area contributed by atoms with Gasteiger partial charge in [0, 0.05) is 6.42 Å². The highest BCUT2D eigenvalue weighted by Gasteiger charge is 2.56. The topological polar surface area (TPSA) is 87.0 Å². The van der Waals surface area contributed by atoms with Crippen molar-refractivity contribution in [1.82, 2.24) is 0 Å². The SMILES string of the molecule is C=C1/C(=C\C=C2/CCC[C@]3(C)[C@@H]([C@H](C)C=C[C@@H](O)C4(C(=O)OCCC)CC4)CC[C@@H]23)C[C@@H](O)C[C@@H]1O. The molecule has 4 saturated carbocycles. The molecule has 36 heavy (non-hydrogen) atoms. The number of hydrogen-bond donors (Lipinski definition) is 3. The summed E-state index contributed by atoms with van der Waals surface area (Å²) in [5, 5.41) is 31.1. The quantitative estimate of drug-likeness (QED) is 0.308. The fraction of sp³-hybridized carbons (Fsp3) is 0.710. The van der Waals surface area contributed by atoms with E-state index in [0.29, 0.717) is 50.0 Å². The Balaban J connectivity index is 1.44. The minimum atomic E-state index is -0.781. The first kappa shape index (κ1) is 27.3. The molecule has 0 heterocycles. The number of ether oxygens (including phenoxy) is 1. The zero-order valence-electron chi connectivity index (χ0n) is 22.4. The van der Waals surface area contributed by atoms with Crippen LogP contribution in [0.15, 0.2) is 47.6 Å². The van der Waals surface area contributed by atoms with E-state index in [1.807, 2.05) is 13.0 Å². The normalized spacial score (nSPS) is 37.8. The summed E-state index contributed by atoms with van der Waals surface area (Å²) in [5.74, 6) is 1.12. The van der Waals surface area contributed by atoms with E-state index in [-0.39, 0.29) is 11.4 Å². The number of aliphatic hydroxyl groups is 3. The fourth-order valence-corrected chi connectivity index (χ4v) is 7.30. The molecule has 0 aliphatic heterocycles. The highest BCUT2D eigenvalue weighted by atomic mass is 16.5. The van der Waals surface area contributed by atoms with Crippen LogP contribution in [-0.2, 0) is 9.53 Å². The van der Waals surface area contributed by atoms with Gasteiger partial charge in [0.25, 0.3) is 0 Å². The van der Waals surface area contributed by atoms with E-state index in [1.165, 1.54) is 12.0 Å². The summed E-state index contributed by atoms with van der Waals surface area (Å²) in [7, 11) is 0. The lowest BCUT2D eigenvalue weighted by Crippen LogP contribution is -2.36. The van der Waals surface area contributed by atoms with E-state index >= 15 is 0 Å². The molecule has 0 unspecified atom stereocenters. The molecule has 4 aliphatic rings. The Morgan fingerprint density at radius 3 is 2.64 bits per heavy atom. The number of allylic oxidation sites excluding steroid dienone is 4. The van der Waals surface area contributed by atoms with Crippen LogP contribution in [-0.4, -0.2) is 46.2 Å². The molecule has 0 aromatic carbocycles. The largest absolute Gasteiger partial charge is 0.465 e. The molecule has 0 bridgehead atoms. The smallest absolute Gasteiger partial charge is 0.315 e. The van der Waals surface area contributed by atoms with Crippen molar-refractivity contribution in [2.45, 2.75) is 103 Å². The standard InChI is InChI=1S/C31H46O5/c1-5-17-36-29(35)31(15-16-31)28(34)13-8-20(2)25-11-12-26-22(7-6-14-30(25,26)4)9-10-23-18-24(32)19-27(33)21(23)3/h8-10,13,20,24-28,32-34H,3,5-7,11-12,14-19H2,1-2,4H3/b13-8?,22-9+,23-10-/t20-,24-,25-,26+,27+,28-,30-/m1/s1. The van der Waals surface area contributed by atoms with Gasteiger partial charge in [-0.2, -0.15) is 0 Å². The van der Waals surface area contributed by atoms with Gasteiger partial charge in [-0.1, -0.05) is 57.2 Å². The molecule has 5 nitrogen and oxygen atoms in total. The van der Waals surface area contributed by atoms with Crippen LogP contribution in [0.1, 0.15) is 85.0 Å². The number of carbonyl (C=O) groups excluding carboxylic acids is 1. The number of rotatable bonds is 8. The molecular formula is C31H46O5. The van der Waals surface area contributed by atoms with Crippen LogP contribution < -0.4 is 0 Å². The van der Waals surface area contributed by atoms with Crippen molar-refractivity contribution < 1.29 is 24.9 Å². The van der Waals surface area contributed by atoms with Crippen LogP contribution in [0.5, 0.6) is 0 Å². The first-order chi connectivity index (χ1) is 17.1. The van der Waals surface area contributed by atoms with E-state index < -0.39 is 23.7 Å². The number of carbonyl (C=O) groups is 1. The van der Waals surface area contributed by atoms with Gasteiger partial charge in [0.2, 0.25) is 0 Å². The Morgan fingerprint density at radius 1 is 1.19 bits per heavy atom. The average molecular weight is 499 g/mol. The predicted octanol–water partition coefficient (Wildman–Crippen LogP) is 5.41. The van der Waals surface area contributed by atoms with Gasteiger partial charge in [0.15, 0.2) is 0 Å². The van der Waals surface area contributed by atoms with Crippen LogP contribution in [0.25, 0.3) is 0 Å². The van der Waals surface area contributed by atoms with Crippen molar-refractivity contribution in [2.24, 2.45) is 28.6 Å². The van der Waals surface area contributed by atoms with Crippen LogP contribution >= 0.6 is 0 Å². The number of hydrogen-bond acceptors (Lipinski definition) is 5. The second-order valence-corrected chi connectivity index (χ2v) is 12.1. The predicted molar refractivity (Wildman–Crippen MR) is 142 cm³/mol. The third-order valence-corrected chi connectivity index (χ3v) is 9.73. The van der Waals surface area contributed by atoms with Gasteiger partial charge in [0.1, 0.15) is 0 Å². The maximum atomic E-state index is 12.5. The molecule has 7 atom stereocenters. The molecule has 4 aliphatic carbocycles. The molecule has 0 spiro atoms. The molecule has 5 heteroatoms. The zero-order chi connectivity index (χ0) is 26.1. The van der Waals surface area contributed by atoms with Crippen LogP contribution in [0, 0.1) is 28.6 Å². The summed E-state index contributed by atoms with van der Waals surface area (Å²) in [6, 6.07) is 0. The summed E-state index contributed by atoms with van der Waals surface area (Å²) in [5.41, 5.74) is 2.66. The lowest BCUT2D eigenvalue weighted by Gasteiger charge is -2.44. The minimum Gasteiger partial charge on any atom is -0.465 e. The van der Waals surface area contributed by atoms with E-state index in [2.05, 4.69) is 38.7 Å². The average Bonchev–Trinajstić information content (AvgIpc) is 3.58. The van der Waals surface area contributed by atoms with Crippen LogP contribution in [0.2, 0.25) is 0 Å². The third kappa shape index (κ3) is 5.30. The minimum absolute atomic E-state index is 0.206. The Morgan fingerprint density at radius 2 is 1.94 bits per heavy atom. The van der Waals surface area contributed by atoms with E-state index in [9.17, 15) is 20.1 Å². The number of esters is 1. The van der Waals surface area contributed by atoms with Crippen molar-refractivity contribution in [2.75, 3.05) is 6.61 Å². The van der Waals surface area contributed by atoms with E-state index in [1.54, 1.807) is 0 Å². The summed E-state index contributed by atoms with van der Waals surface area (Å²) < 4.78 is 5.35. The number of aliphatic hydroxyl groups excluding tert-OH is 3. The molecule has 3 N–H and O–H groups in total. The molecule has 0 saturated heterocycles. The molecule has 0 aromatic heterocycles. The first-order valence-corrected chi connectivity index (χ1v) is 14.1. The maximum absolute atomic E-state index is 12.5. The number of fused-ring (bicyclic) bond motifs is 1. The van der Waals surface area contributed by atoms with Crippen molar-refractivity contribution >= 4 is 5.97 Å². The Hall–Kier alpha value is -1.69. The zero-order valence-corrected chi connectivity index (χ0v) is 22.4. The first-order valence-electron chi connectivity index (χ1n) is 14.1. The van der Waals surface area contributed by atoms with E-state index in [0.717, 1.165) is 43.3 Å². The van der Waals surface area contributed by atoms with Gasteiger partial charge >= 0.3 is 5.97 Å². The lowest BCUT2D eigenvalue weighted by atomic mass is 9.61. The molecule has 4 rings (SSSR count). The molecule has 0 radical (unpaired) electrons. The fourth-order valence-electron chi connectivity index (χ4n) is 7.30. The van der Waals surface area contributed by atoms with E-state index in [4.69, 9.17) is 4.74 Å². The highest BCUT2D eigenvalue weighted by Crippen LogP contribution is 2.59. The summed E-state index contributed by atoms with van der Waals surface area (Å²) in [4.78, 5) is 12.5.